The normalized spacial score (nSPS) is 10.6. The van der Waals surface area contributed by atoms with Crippen molar-refractivity contribution in [2.45, 2.75) is 6.92 Å². The van der Waals surface area contributed by atoms with Crippen molar-refractivity contribution < 1.29 is 19.4 Å². The van der Waals surface area contributed by atoms with Crippen LogP contribution in [0.5, 0.6) is 11.5 Å². The van der Waals surface area contributed by atoms with E-state index in [9.17, 15) is 14.9 Å². The number of hydrogen-bond donors (Lipinski definition) is 3. The first kappa shape index (κ1) is 23.3. The van der Waals surface area contributed by atoms with Crippen molar-refractivity contribution in [3.63, 3.8) is 0 Å². The van der Waals surface area contributed by atoms with E-state index in [0.29, 0.717) is 17.7 Å². The van der Waals surface area contributed by atoms with Crippen LogP contribution in [0.4, 0.5) is 5.95 Å². The Bertz CT molecular complexity index is 1280. The first-order chi connectivity index (χ1) is 15.9. The second-order valence-corrected chi connectivity index (χ2v) is 6.84. The highest BCUT2D eigenvalue weighted by molar-refractivity contribution is 6.32. The van der Waals surface area contributed by atoms with Crippen molar-refractivity contribution in [3.8, 4) is 28.8 Å². The van der Waals surface area contributed by atoms with E-state index >= 15 is 0 Å². The van der Waals surface area contributed by atoms with Crippen molar-refractivity contribution in [2.24, 2.45) is 5.10 Å². The summed E-state index contributed by atoms with van der Waals surface area (Å²) in [6, 6.07) is 13.8. The van der Waals surface area contributed by atoms with E-state index < -0.39 is 18.1 Å². The molecule has 0 radical (unpaired) electrons. The molecule has 1 aromatic heterocycles. The summed E-state index contributed by atoms with van der Waals surface area (Å²) in [7, 11) is 0. The van der Waals surface area contributed by atoms with E-state index in [1.807, 2.05) is 12.1 Å². The molecule has 0 aliphatic carbocycles. The van der Waals surface area contributed by atoms with Crippen LogP contribution in [-0.2, 0) is 4.79 Å². The maximum absolute atomic E-state index is 12.3. The number of carboxylic acid groups (broad SMARTS) is 1. The summed E-state index contributed by atoms with van der Waals surface area (Å²) in [6.07, 6.45) is 1.40. The lowest BCUT2D eigenvalue weighted by atomic mass is 10.1. The van der Waals surface area contributed by atoms with Gasteiger partial charge in [0, 0.05) is 5.56 Å². The van der Waals surface area contributed by atoms with Gasteiger partial charge in [-0.25, -0.2) is 15.2 Å². The van der Waals surface area contributed by atoms with Gasteiger partial charge < -0.3 is 14.6 Å². The van der Waals surface area contributed by atoms with Gasteiger partial charge in [0.2, 0.25) is 5.95 Å². The summed E-state index contributed by atoms with van der Waals surface area (Å²) in [5.41, 5.74) is 3.25. The standard InChI is InChI=1S/C22H18ClN5O5/c1-2-32-17-9-13(8-16(23)20(17)33-12-18(29)30)11-25-28-22-26-19(14-6-4-3-5-7-14)15(10-24)21(31)27-22/h3-9,11H,2,12H2,1H3,(H,29,30)(H2,26,27,28,31). The molecule has 0 atom stereocenters. The molecule has 0 amide bonds. The Morgan fingerprint density at radius 1 is 1.33 bits per heavy atom. The number of H-pyrrole nitrogens is 1. The Morgan fingerprint density at radius 2 is 2.09 bits per heavy atom. The summed E-state index contributed by atoms with van der Waals surface area (Å²) < 4.78 is 10.7. The Balaban J connectivity index is 1.87. The van der Waals surface area contributed by atoms with Crippen LogP contribution >= 0.6 is 11.6 Å². The highest BCUT2D eigenvalue weighted by Gasteiger charge is 2.15. The molecule has 0 aliphatic rings. The molecule has 0 spiro atoms. The van der Waals surface area contributed by atoms with Gasteiger partial charge in [-0.15, -0.1) is 0 Å². The van der Waals surface area contributed by atoms with Gasteiger partial charge in [0.05, 0.1) is 23.5 Å². The zero-order valence-electron chi connectivity index (χ0n) is 17.3. The highest BCUT2D eigenvalue weighted by atomic mass is 35.5. The second-order valence-electron chi connectivity index (χ2n) is 6.43. The van der Waals surface area contributed by atoms with Crippen molar-refractivity contribution >= 4 is 29.7 Å². The number of carboxylic acids is 1. The number of rotatable bonds is 9. The smallest absolute Gasteiger partial charge is 0.341 e. The summed E-state index contributed by atoms with van der Waals surface area (Å²) in [5, 5.41) is 22.3. The Kier molecular flexibility index (Phi) is 7.62. The van der Waals surface area contributed by atoms with Crippen LogP contribution in [0.15, 0.2) is 52.4 Å². The van der Waals surface area contributed by atoms with Gasteiger partial charge in [-0.2, -0.15) is 10.4 Å². The number of nitrogens with one attached hydrogen (secondary N) is 2. The minimum Gasteiger partial charge on any atom is -0.490 e. The second kappa shape index (κ2) is 10.8. The zero-order valence-corrected chi connectivity index (χ0v) is 18.1. The van der Waals surface area contributed by atoms with Crippen LogP contribution in [-0.4, -0.2) is 40.5 Å². The largest absolute Gasteiger partial charge is 0.490 e. The van der Waals surface area contributed by atoms with Gasteiger partial charge in [0.1, 0.15) is 11.6 Å². The van der Waals surface area contributed by atoms with Crippen LogP contribution in [0.25, 0.3) is 11.3 Å². The number of nitrogens with zero attached hydrogens (tertiary/aromatic N) is 3. The number of nitriles is 1. The van der Waals surface area contributed by atoms with Crippen LogP contribution in [0.2, 0.25) is 5.02 Å². The number of aromatic amines is 1. The predicted molar refractivity (Wildman–Crippen MR) is 122 cm³/mol. The van der Waals surface area contributed by atoms with Crippen LogP contribution in [0.3, 0.4) is 0 Å². The van der Waals surface area contributed by atoms with Crippen LogP contribution < -0.4 is 20.5 Å². The maximum atomic E-state index is 12.3. The average molecular weight is 468 g/mol. The number of carbonyl (C=O) groups is 1. The lowest BCUT2D eigenvalue weighted by Crippen LogP contribution is -2.16. The molecule has 0 aliphatic heterocycles. The molecule has 11 heteroatoms. The lowest BCUT2D eigenvalue weighted by molar-refractivity contribution is -0.139. The quantitative estimate of drug-likeness (QED) is 0.320. The number of benzene rings is 2. The summed E-state index contributed by atoms with van der Waals surface area (Å²) in [4.78, 5) is 29.9. The average Bonchev–Trinajstić information content (AvgIpc) is 2.79. The molecule has 10 nitrogen and oxygen atoms in total. The van der Waals surface area contributed by atoms with Gasteiger partial charge >= 0.3 is 5.97 Å². The molecule has 33 heavy (non-hydrogen) atoms. The summed E-state index contributed by atoms with van der Waals surface area (Å²) in [5.74, 6) is -0.755. The van der Waals surface area contributed by atoms with E-state index in [0.717, 1.165) is 0 Å². The summed E-state index contributed by atoms with van der Waals surface area (Å²) >= 11 is 6.22. The minimum absolute atomic E-state index is 0.0339. The number of hydrazone groups is 1. The molecule has 0 saturated carbocycles. The van der Waals surface area contributed by atoms with Gasteiger partial charge in [-0.05, 0) is 24.6 Å². The molecule has 2 aromatic carbocycles. The van der Waals surface area contributed by atoms with E-state index in [-0.39, 0.29) is 33.7 Å². The fourth-order valence-electron chi connectivity index (χ4n) is 2.80. The third kappa shape index (κ3) is 5.87. The fourth-order valence-corrected chi connectivity index (χ4v) is 3.08. The minimum atomic E-state index is -1.15. The van der Waals surface area contributed by atoms with E-state index in [4.69, 9.17) is 26.2 Å². The number of halogens is 1. The van der Waals surface area contributed by atoms with E-state index in [2.05, 4.69) is 20.5 Å². The molecule has 0 unspecified atom stereocenters. The predicted octanol–water partition coefficient (Wildman–Crippen LogP) is 3.27. The highest BCUT2D eigenvalue weighted by Crippen LogP contribution is 2.36. The van der Waals surface area contributed by atoms with Gasteiger partial charge in [0.15, 0.2) is 18.1 Å². The fraction of sp³-hybridized carbons (Fsp3) is 0.136. The molecular weight excluding hydrogens is 450 g/mol. The molecule has 1 heterocycles. The number of ether oxygens (including phenoxy) is 2. The first-order valence-corrected chi connectivity index (χ1v) is 10.0. The molecule has 3 rings (SSSR count). The first-order valence-electron chi connectivity index (χ1n) is 9.62. The third-order valence-corrected chi connectivity index (χ3v) is 4.41. The zero-order chi connectivity index (χ0) is 23.8. The maximum Gasteiger partial charge on any atom is 0.341 e. The van der Waals surface area contributed by atoms with Gasteiger partial charge in [-0.3, -0.25) is 9.78 Å². The van der Waals surface area contributed by atoms with Crippen molar-refractivity contribution in [1.29, 1.82) is 5.26 Å². The Morgan fingerprint density at radius 3 is 2.76 bits per heavy atom. The molecule has 0 saturated heterocycles. The molecule has 168 valence electrons. The van der Waals surface area contributed by atoms with E-state index in [1.165, 1.54) is 12.3 Å². The molecule has 3 N–H and O–H groups in total. The number of anilines is 1. The van der Waals surface area contributed by atoms with Crippen molar-refractivity contribution in [3.05, 3.63) is 69.0 Å². The Labute approximate surface area is 193 Å². The summed E-state index contributed by atoms with van der Waals surface area (Å²) in [6.45, 7) is 1.49. The monoisotopic (exact) mass is 467 g/mol. The lowest BCUT2D eigenvalue weighted by Gasteiger charge is -2.13. The van der Waals surface area contributed by atoms with Crippen molar-refractivity contribution in [2.75, 3.05) is 18.6 Å². The number of aromatic nitrogens is 2. The van der Waals surface area contributed by atoms with E-state index in [1.54, 1.807) is 37.3 Å². The molecule has 3 aromatic rings. The number of aliphatic carboxylic acids is 1. The van der Waals surface area contributed by atoms with Crippen LogP contribution in [0, 0.1) is 11.3 Å². The third-order valence-electron chi connectivity index (χ3n) is 4.13. The van der Waals surface area contributed by atoms with Crippen LogP contribution in [0.1, 0.15) is 18.1 Å². The molecular formula is C22H18ClN5O5. The van der Waals surface area contributed by atoms with Gasteiger partial charge in [0.25, 0.3) is 5.56 Å². The topological polar surface area (TPSA) is 150 Å². The SMILES string of the molecule is CCOc1cc(C=NNc2nc(-c3ccccc3)c(C#N)c(=O)[nH]2)cc(Cl)c1OCC(=O)O. The molecule has 0 bridgehead atoms. The molecule has 0 fully saturated rings. The van der Waals surface area contributed by atoms with Gasteiger partial charge in [-0.1, -0.05) is 41.9 Å². The van der Waals surface area contributed by atoms with Crippen molar-refractivity contribution in [1.82, 2.24) is 9.97 Å². The number of hydrogen-bond acceptors (Lipinski definition) is 8. The Hall–Kier alpha value is -4.36.